The molecule has 18 heavy (non-hydrogen) atoms. The van der Waals surface area contributed by atoms with Crippen molar-refractivity contribution in [2.24, 2.45) is 5.73 Å². The van der Waals surface area contributed by atoms with Crippen molar-refractivity contribution >= 4 is 0 Å². The largest absolute Gasteiger partial charge is 0.374 e. The Morgan fingerprint density at radius 2 is 1.61 bits per heavy atom. The van der Waals surface area contributed by atoms with Gasteiger partial charge in [0, 0.05) is 0 Å². The van der Waals surface area contributed by atoms with Crippen LogP contribution < -0.4 is 5.73 Å². The molecule has 0 saturated heterocycles. The first-order valence-electron chi connectivity index (χ1n) is 6.51. The van der Waals surface area contributed by atoms with Gasteiger partial charge < -0.3 is 15.2 Å². The van der Waals surface area contributed by atoms with Crippen molar-refractivity contribution in [2.75, 3.05) is 19.8 Å². The monoisotopic (exact) mass is 251 g/mol. The third-order valence-electron chi connectivity index (χ3n) is 2.49. The first-order valence-corrected chi connectivity index (χ1v) is 6.51. The summed E-state index contributed by atoms with van der Waals surface area (Å²) in [4.78, 5) is 0. The molecule has 1 aromatic rings. The predicted octanol–water partition coefficient (Wildman–Crippen LogP) is 2.52. The van der Waals surface area contributed by atoms with Gasteiger partial charge in [-0.1, -0.05) is 24.3 Å². The molecule has 2 N–H and O–H groups in total. The molecule has 0 unspecified atom stereocenters. The van der Waals surface area contributed by atoms with E-state index in [1.165, 1.54) is 11.1 Å². The molecule has 0 aliphatic rings. The van der Waals surface area contributed by atoms with Gasteiger partial charge in [-0.25, -0.2) is 0 Å². The molecule has 0 aliphatic carbocycles. The van der Waals surface area contributed by atoms with Crippen molar-refractivity contribution < 1.29 is 9.47 Å². The van der Waals surface area contributed by atoms with Crippen LogP contribution in [0.4, 0.5) is 0 Å². The van der Waals surface area contributed by atoms with Crippen molar-refractivity contribution in [3.05, 3.63) is 35.4 Å². The fraction of sp³-hybridized carbons (Fsp3) is 0.600. The molecule has 0 fully saturated rings. The molecular weight excluding hydrogens is 226 g/mol. The molecular formula is C15H25NO2. The number of rotatable bonds is 7. The zero-order valence-electron chi connectivity index (χ0n) is 11.7. The van der Waals surface area contributed by atoms with E-state index >= 15 is 0 Å². The Morgan fingerprint density at radius 3 is 2.17 bits per heavy atom. The molecule has 3 heteroatoms. The molecule has 0 heterocycles. The zero-order chi connectivity index (χ0) is 13.4. The van der Waals surface area contributed by atoms with E-state index in [9.17, 15) is 0 Å². The lowest BCUT2D eigenvalue weighted by Gasteiger charge is -2.19. The highest BCUT2D eigenvalue weighted by molar-refractivity contribution is 5.22. The molecule has 0 atom stereocenters. The predicted molar refractivity (Wildman–Crippen MR) is 74.6 cm³/mol. The molecule has 0 radical (unpaired) electrons. The standard InChI is InChI=1S/C15H25NO2/c1-15(2,3)18-11-10-17-12-14-6-4-13(5-7-14)8-9-16/h4-7H,8-12,16H2,1-3H3. The van der Waals surface area contributed by atoms with E-state index in [1.54, 1.807) is 0 Å². The summed E-state index contributed by atoms with van der Waals surface area (Å²) in [6, 6.07) is 8.40. The number of hydrogen-bond donors (Lipinski definition) is 1. The van der Waals surface area contributed by atoms with Crippen molar-refractivity contribution in [2.45, 2.75) is 39.4 Å². The van der Waals surface area contributed by atoms with Crippen LogP contribution in [0.5, 0.6) is 0 Å². The smallest absolute Gasteiger partial charge is 0.0718 e. The van der Waals surface area contributed by atoms with Gasteiger partial charge in [0.2, 0.25) is 0 Å². The molecule has 0 saturated carbocycles. The van der Waals surface area contributed by atoms with E-state index in [1.807, 2.05) is 20.8 Å². The molecule has 0 amide bonds. The Hall–Kier alpha value is -0.900. The van der Waals surface area contributed by atoms with Crippen LogP contribution in [0.15, 0.2) is 24.3 Å². The molecule has 1 aromatic carbocycles. The Kier molecular flexibility index (Phi) is 6.33. The van der Waals surface area contributed by atoms with Crippen LogP contribution in [0.1, 0.15) is 31.9 Å². The summed E-state index contributed by atoms with van der Waals surface area (Å²) in [6.45, 7) is 8.72. The maximum atomic E-state index is 5.58. The SMILES string of the molecule is CC(C)(C)OCCOCc1ccc(CCN)cc1. The Labute approximate surface area is 110 Å². The van der Waals surface area contributed by atoms with Gasteiger partial charge >= 0.3 is 0 Å². The van der Waals surface area contributed by atoms with Gasteiger partial charge in [-0.05, 0) is 44.9 Å². The van der Waals surface area contributed by atoms with E-state index in [0.717, 1.165) is 6.42 Å². The van der Waals surface area contributed by atoms with Crippen LogP contribution in [0.3, 0.4) is 0 Å². The Bertz CT molecular complexity index is 327. The third kappa shape index (κ3) is 6.74. The maximum Gasteiger partial charge on any atom is 0.0718 e. The van der Waals surface area contributed by atoms with E-state index in [2.05, 4.69) is 24.3 Å². The highest BCUT2D eigenvalue weighted by Crippen LogP contribution is 2.08. The highest BCUT2D eigenvalue weighted by atomic mass is 16.5. The molecule has 102 valence electrons. The van der Waals surface area contributed by atoms with Crippen LogP contribution in [0, 0.1) is 0 Å². The highest BCUT2D eigenvalue weighted by Gasteiger charge is 2.08. The molecule has 1 rings (SSSR count). The van der Waals surface area contributed by atoms with Gasteiger partial charge in [0.1, 0.15) is 0 Å². The van der Waals surface area contributed by atoms with Crippen LogP contribution in [-0.4, -0.2) is 25.4 Å². The molecule has 0 bridgehead atoms. The molecule has 3 nitrogen and oxygen atoms in total. The van der Waals surface area contributed by atoms with Gasteiger partial charge in [0.15, 0.2) is 0 Å². The van der Waals surface area contributed by atoms with Crippen molar-refractivity contribution in [1.29, 1.82) is 0 Å². The normalized spacial score (nSPS) is 11.8. The molecule has 0 aromatic heterocycles. The lowest BCUT2D eigenvalue weighted by Crippen LogP contribution is -2.21. The van der Waals surface area contributed by atoms with E-state index in [-0.39, 0.29) is 5.60 Å². The van der Waals surface area contributed by atoms with Crippen LogP contribution >= 0.6 is 0 Å². The molecule has 0 aliphatic heterocycles. The second-order valence-corrected chi connectivity index (χ2v) is 5.37. The topological polar surface area (TPSA) is 44.5 Å². The first kappa shape index (κ1) is 15.2. The van der Waals surface area contributed by atoms with Crippen molar-refractivity contribution in [3.63, 3.8) is 0 Å². The number of hydrogen-bond acceptors (Lipinski definition) is 3. The first-order chi connectivity index (χ1) is 8.51. The lowest BCUT2D eigenvalue weighted by atomic mass is 10.1. The molecule has 0 spiro atoms. The minimum atomic E-state index is -0.0900. The third-order valence-corrected chi connectivity index (χ3v) is 2.49. The Morgan fingerprint density at radius 1 is 1.00 bits per heavy atom. The zero-order valence-corrected chi connectivity index (χ0v) is 11.7. The number of nitrogens with two attached hydrogens (primary N) is 1. The average Bonchev–Trinajstić information content (AvgIpc) is 2.30. The fourth-order valence-corrected chi connectivity index (χ4v) is 1.57. The van der Waals surface area contributed by atoms with Crippen molar-refractivity contribution in [3.8, 4) is 0 Å². The van der Waals surface area contributed by atoms with Gasteiger partial charge in [-0.3, -0.25) is 0 Å². The summed E-state index contributed by atoms with van der Waals surface area (Å²) in [5.41, 5.74) is 7.88. The van der Waals surface area contributed by atoms with Gasteiger partial charge in [0.25, 0.3) is 0 Å². The van der Waals surface area contributed by atoms with Crippen LogP contribution in [0.25, 0.3) is 0 Å². The summed E-state index contributed by atoms with van der Waals surface area (Å²) in [5, 5.41) is 0. The Balaban J connectivity index is 2.19. The van der Waals surface area contributed by atoms with Crippen LogP contribution in [-0.2, 0) is 22.5 Å². The summed E-state index contributed by atoms with van der Waals surface area (Å²) < 4.78 is 11.1. The minimum Gasteiger partial charge on any atom is -0.374 e. The van der Waals surface area contributed by atoms with E-state index in [4.69, 9.17) is 15.2 Å². The minimum absolute atomic E-state index is 0.0900. The van der Waals surface area contributed by atoms with E-state index in [0.29, 0.717) is 26.4 Å². The second-order valence-electron chi connectivity index (χ2n) is 5.37. The average molecular weight is 251 g/mol. The second kappa shape index (κ2) is 7.52. The lowest BCUT2D eigenvalue weighted by molar-refractivity contribution is -0.0376. The van der Waals surface area contributed by atoms with Crippen LogP contribution in [0.2, 0.25) is 0 Å². The van der Waals surface area contributed by atoms with E-state index < -0.39 is 0 Å². The number of benzene rings is 1. The summed E-state index contributed by atoms with van der Waals surface area (Å²) in [6.07, 6.45) is 0.931. The number of ether oxygens (including phenoxy) is 2. The van der Waals surface area contributed by atoms with Gasteiger partial charge in [0.05, 0.1) is 25.4 Å². The van der Waals surface area contributed by atoms with Gasteiger partial charge in [-0.15, -0.1) is 0 Å². The summed E-state index contributed by atoms with van der Waals surface area (Å²) in [7, 11) is 0. The summed E-state index contributed by atoms with van der Waals surface area (Å²) >= 11 is 0. The maximum absolute atomic E-state index is 5.58. The van der Waals surface area contributed by atoms with Crippen molar-refractivity contribution in [1.82, 2.24) is 0 Å². The quantitative estimate of drug-likeness (QED) is 0.757. The summed E-state index contributed by atoms with van der Waals surface area (Å²) in [5.74, 6) is 0. The fourth-order valence-electron chi connectivity index (χ4n) is 1.57. The van der Waals surface area contributed by atoms with Gasteiger partial charge in [-0.2, -0.15) is 0 Å².